The Labute approximate surface area is 115 Å². The van der Waals surface area contributed by atoms with E-state index < -0.39 is 10.5 Å². The first-order valence-corrected chi connectivity index (χ1v) is 6.00. The van der Waals surface area contributed by atoms with Gasteiger partial charge in [0.15, 0.2) is 0 Å². The molecule has 0 bridgehead atoms. The van der Waals surface area contributed by atoms with E-state index in [-0.39, 0.29) is 18.0 Å². The van der Waals surface area contributed by atoms with Crippen molar-refractivity contribution >= 4 is 17.3 Å². The van der Waals surface area contributed by atoms with Crippen LogP contribution in [0.2, 0.25) is 5.02 Å². The van der Waals surface area contributed by atoms with Gasteiger partial charge in [0.1, 0.15) is 11.3 Å². The van der Waals surface area contributed by atoms with E-state index in [9.17, 15) is 10.1 Å². The first-order valence-electron chi connectivity index (χ1n) is 5.62. The van der Waals surface area contributed by atoms with Crippen LogP contribution < -0.4 is 10.5 Å². The third-order valence-electron chi connectivity index (χ3n) is 2.48. The van der Waals surface area contributed by atoms with Crippen LogP contribution in [-0.2, 0) is 0 Å². The maximum Gasteiger partial charge on any atom is 0.273 e. The van der Waals surface area contributed by atoms with Crippen LogP contribution in [0.4, 0.5) is 5.69 Å². The van der Waals surface area contributed by atoms with Crippen LogP contribution in [0.3, 0.4) is 0 Å². The molecular formula is C12H14ClN3O3. The molecule has 6 nitrogen and oxygen atoms in total. The zero-order valence-corrected chi connectivity index (χ0v) is 11.2. The number of hydrogen-bond donors (Lipinski definition) is 1. The van der Waals surface area contributed by atoms with E-state index >= 15 is 0 Å². The molecule has 0 saturated carbocycles. The minimum absolute atomic E-state index is 0.0833. The molecule has 19 heavy (non-hydrogen) atoms. The topological polar surface area (TPSA) is 102 Å². The van der Waals surface area contributed by atoms with Crippen molar-refractivity contribution in [1.29, 1.82) is 5.26 Å². The Hall–Kier alpha value is -1.84. The van der Waals surface area contributed by atoms with Gasteiger partial charge in [0.2, 0.25) is 0 Å². The van der Waals surface area contributed by atoms with Gasteiger partial charge in [-0.05, 0) is 25.8 Å². The number of nitro groups is 1. The summed E-state index contributed by atoms with van der Waals surface area (Å²) >= 11 is 5.87. The quantitative estimate of drug-likeness (QED) is 0.491. The highest BCUT2D eigenvalue weighted by Gasteiger charge is 2.16. The second-order valence-corrected chi connectivity index (χ2v) is 4.76. The number of halogens is 1. The van der Waals surface area contributed by atoms with Gasteiger partial charge in [-0.3, -0.25) is 10.1 Å². The number of nitrogens with zero attached hydrogens (tertiary/aromatic N) is 2. The fraction of sp³-hybridized carbons (Fsp3) is 0.417. The van der Waals surface area contributed by atoms with E-state index in [0.29, 0.717) is 17.9 Å². The maximum absolute atomic E-state index is 10.6. The van der Waals surface area contributed by atoms with Crippen molar-refractivity contribution < 1.29 is 9.66 Å². The molecule has 0 saturated heterocycles. The lowest BCUT2D eigenvalue weighted by Crippen LogP contribution is -2.34. The Morgan fingerprint density at radius 1 is 1.63 bits per heavy atom. The standard InChI is InChI=1S/C12H14ClN3O3/c1-12(15,8-14)5-2-6-19-11-7-9(16(17)18)3-4-10(11)13/h3-4,7H,2,5-6,15H2,1H3. The molecule has 0 radical (unpaired) electrons. The normalized spacial score (nSPS) is 13.4. The number of nitrogens with two attached hydrogens (primary N) is 1. The smallest absolute Gasteiger partial charge is 0.273 e. The molecule has 0 aliphatic carbocycles. The Balaban J connectivity index is 2.56. The number of rotatable bonds is 6. The molecule has 0 spiro atoms. The second kappa shape index (κ2) is 6.36. The van der Waals surface area contributed by atoms with Crippen LogP contribution in [-0.4, -0.2) is 17.1 Å². The SMILES string of the molecule is CC(N)(C#N)CCCOc1cc([N+](=O)[O-])ccc1Cl. The number of hydrogen-bond acceptors (Lipinski definition) is 5. The summed E-state index contributed by atoms with van der Waals surface area (Å²) in [6.07, 6.45) is 1.02. The molecule has 1 unspecified atom stereocenters. The first-order chi connectivity index (χ1) is 8.85. The molecule has 0 amide bonds. The lowest BCUT2D eigenvalue weighted by Gasteiger charge is -2.15. The zero-order chi connectivity index (χ0) is 14.5. The Bertz CT molecular complexity index is 511. The van der Waals surface area contributed by atoms with E-state index in [1.54, 1.807) is 6.92 Å². The fourth-order valence-electron chi connectivity index (χ4n) is 1.39. The molecule has 1 atom stereocenters. The van der Waals surface area contributed by atoms with Gasteiger partial charge >= 0.3 is 0 Å². The minimum atomic E-state index is -0.893. The average Bonchev–Trinajstić information content (AvgIpc) is 2.36. The number of non-ortho nitro benzene ring substituents is 1. The Kier molecular flexibility index (Phi) is 5.10. The van der Waals surface area contributed by atoms with Gasteiger partial charge in [0.05, 0.1) is 28.7 Å². The summed E-state index contributed by atoms with van der Waals surface area (Å²) in [7, 11) is 0. The Morgan fingerprint density at radius 2 is 2.32 bits per heavy atom. The van der Waals surface area contributed by atoms with E-state index in [1.165, 1.54) is 18.2 Å². The molecule has 1 rings (SSSR count). The highest BCUT2D eigenvalue weighted by molar-refractivity contribution is 6.32. The predicted octanol–water partition coefficient (Wildman–Crippen LogP) is 2.65. The first kappa shape index (κ1) is 15.2. The van der Waals surface area contributed by atoms with Gasteiger partial charge in [-0.1, -0.05) is 11.6 Å². The minimum Gasteiger partial charge on any atom is -0.492 e. The van der Waals surface area contributed by atoms with E-state index in [4.69, 9.17) is 27.3 Å². The summed E-state index contributed by atoms with van der Waals surface area (Å²) in [6, 6.07) is 5.98. The van der Waals surface area contributed by atoms with Gasteiger partial charge in [0.25, 0.3) is 5.69 Å². The maximum atomic E-state index is 10.6. The Morgan fingerprint density at radius 3 is 2.89 bits per heavy atom. The van der Waals surface area contributed by atoms with Gasteiger partial charge in [-0.15, -0.1) is 0 Å². The second-order valence-electron chi connectivity index (χ2n) is 4.35. The highest BCUT2D eigenvalue weighted by Crippen LogP contribution is 2.29. The molecule has 2 N–H and O–H groups in total. The molecule has 0 aliphatic heterocycles. The average molecular weight is 284 g/mol. The number of benzene rings is 1. The molecular weight excluding hydrogens is 270 g/mol. The van der Waals surface area contributed by atoms with Crippen molar-refractivity contribution in [3.8, 4) is 11.8 Å². The summed E-state index contributed by atoms with van der Waals surface area (Å²) < 4.78 is 5.37. The van der Waals surface area contributed by atoms with Crippen LogP contribution in [0.15, 0.2) is 18.2 Å². The third kappa shape index (κ3) is 4.73. The lowest BCUT2D eigenvalue weighted by atomic mass is 10.00. The van der Waals surface area contributed by atoms with Crippen LogP contribution in [0.1, 0.15) is 19.8 Å². The summed E-state index contributed by atoms with van der Waals surface area (Å²) in [5.74, 6) is 0.256. The third-order valence-corrected chi connectivity index (χ3v) is 2.79. The monoisotopic (exact) mass is 283 g/mol. The van der Waals surface area contributed by atoms with E-state index in [1.807, 2.05) is 6.07 Å². The van der Waals surface area contributed by atoms with Crippen molar-refractivity contribution in [2.75, 3.05) is 6.61 Å². The van der Waals surface area contributed by atoms with Crippen molar-refractivity contribution in [3.63, 3.8) is 0 Å². The molecule has 1 aromatic carbocycles. The molecule has 0 fully saturated rings. The molecule has 0 heterocycles. The van der Waals surface area contributed by atoms with Crippen LogP contribution in [0.25, 0.3) is 0 Å². The van der Waals surface area contributed by atoms with Gasteiger partial charge < -0.3 is 10.5 Å². The van der Waals surface area contributed by atoms with Gasteiger partial charge in [-0.2, -0.15) is 5.26 Å². The van der Waals surface area contributed by atoms with E-state index in [0.717, 1.165) is 0 Å². The van der Waals surface area contributed by atoms with Crippen molar-refractivity contribution in [2.24, 2.45) is 5.73 Å². The summed E-state index contributed by atoms with van der Waals surface area (Å²) in [4.78, 5) is 10.1. The molecule has 1 aromatic rings. The number of ether oxygens (including phenoxy) is 1. The van der Waals surface area contributed by atoms with Crippen LogP contribution >= 0.6 is 11.6 Å². The largest absolute Gasteiger partial charge is 0.492 e. The van der Waals surface area contributed by atoms with Crippen molar-refractivity contribution in [2.45, 2.75) is 25.3 Å². The van der Waals surface area contributed by atoms with Gasteiger partial charge in [0, 0.05) is 6.07 Å². The molecule has 0 aromatic heterocycles. The van der Waals surface area contributed by atoms with E-state index in [2.05, 4.69) is 0 Å². The summed E-state index contributed by atoms with van der Waals surface area (Å²) in [6.45, 7) is 1.92. The fourth-order valence-corrected chi connectivity index (χ4v) is 1.57. The zero-order valence-electron chi connectivity index (χ0n) is 10.4. The molecule has 7 heteroatoms. The van der Waals surface area contributed by atoms with Crippen molar-refractivity contribution in [1.82, 2.24) is 0 Å². The van der Waals surface area contributed by atoms with Crippen LogP contribution in [0.5, 0.6) is 5.75 Å². The van der Waals surface area contributed by atoms with Gasteiger partial charge in [-0.25, -0.2) is 0 Å². The lowest BCUT2D eigenvalue weighted by molar-refractivity contribution is -0.384. The van der Waals surface area contributed by atoms with Crippen molar-refractivity contribution in [3.05, 3.63) is 33.3 Å². The van der Waals surface area contributed by atoms with Crippen LogP contribution in [0, 0.1) is 21.4 Å². The molecule has 0 aliphatic rings. The summed E-state index contributed by atoms with van der Waals surface area (Å²) in [5, 5.41) is 19.7. The summed E-state index contributed by atoms with van der Waals surface area (Å²) in [5.41, 5.74) is 4.68. The highest BCUT2D eigenvalue weighted by atomic mass is 35.5. The molecule has 102 valence electrons. The number of nitro benzene ring substituents is 1. The predicted molar refractivity (Wildman–Crippen MR) is 71.0 cm³/mol. The number of nitriles is 1.